The van der Waals surface area contributed by atoms with Crippen LogP contribution in [0.25, 0.3) is 10.2 Å². The molecule has 172 valence electrons. The van der Waals surface area contributed by atoms with E-state index in [-0.39, 0.29) is 13.2 Å². The van der Waals surface area contributed by atoms with Gasteiger partial charge in [0.15, 0.2) is 5.13 Å². The maximum absolute atomic E-state index is 13.3. The smallest absolute Gasteiger partial charge is 0.325 e. The van der Waals surface area contributed by atoms with E-state index in [0.29, 0.717) is 16.4 Å². The van der Waals surface area contributed by atoms with Crippen molar-refractivity contribution in [3.05, 3.63) is 54.1 Å². The first-order valence-electron chi connectivity index (χ1n) is 10.3. The van der Waals surface area contributed by atoms with Crippen LogP contribution < -0.4 is 15.0 Å². The second-order valence-corrected chi connectivity index (χ2v) is 8.69. The highest BCUT2D eigenvalue weighted by atomic mass is 32.1. The average molecular weight is 469 g/mol. The number of amides is 4. The number of urea groups is 1. The van der Waals surface area contributed by atoms with Crippen molar-refractivity contribution in [1.29, 1.82) is 0 Å². The van der Waals surface area contributed by atoms with Crippen molar-refractivity contribution >= 4 is 44.5 Å². The molecule has 0 spiro atoms. The number of aromatic nitrogens is 1. The van der Waals surface area contributed by atoms with E-state index in [1.165, 1.54) is 16.2 Å². The normalized spacial score (nSPS) is 18.0. The van der Waals surface area contributed by atoms with Gasteiger partial charge in [0.05, 0.1) is 30.5 Å². The highest BCUT2D eigenvalue weighted by molar-refractivity contribution is 7.22. The van der Waals surface area contributed by atoms with E-state index in [1.54, 1.807) is 45.4 Å². The van der Waals surface area contributed by atoms with Gasteiger partial charge in [0.25, 0.3) is 5.91 Å². The third-order valence-electron chi connectivity index (χ3n) is 5.57. The largest absolute Gasteiger partial charge is 0.497 e. The second kappa shape index (κ2) is 9.16. The molecule has 0 saturated carbocycles. The zero-order valence-electron chi connectivity index (χ0n) is 18.5. The van der Waals surface area contributed by atoms with Crippen molar-refractivity contribution in [2.75, 3.05) is 38.8 Å². The van der Waals surface area contributed by atoms with Gasteiger partial charge in [-0.15, -0.1) is 0 Å². The predicted octanol–water partition coefficient (Wildman–Crippen LogP) is 2.75. The van der Waals surface area contributed by atoms with Gasteiger partial charge in [0.2, 0.25) is 5.91 Å². The Hall–Kier alpha value is -3.50. The summed E-state index contributed by atoms with van der Waals surface area (Å²) >= 11 is 1.37. The highest BCUT2D eigenvalue weighted by Crippen LogP contribution is 2.31. The number of nitrogens with zero attached hydrogens (tertiary/aromatic N) is 3. The van der Waals surface area contributed by atoms with Crippen LogP contribution >= 0.6 is 11.3 Å². The van der Waals surface area contributed by atoms with Gasteiger partial charge in [-0.25, -0.2) is 9.78 Å². The Labute approximate surface area is 194 Å². The summed E-state index contributed by atoms with van der Waals surface area (Å²) in [5, 5.41) is 3.21. The number of rotatable bonds is 8. The Bertz CT molecular complexity index is 1160. The molecule has 4 amide bonds. The number of benzene rings is 2. The van der Waals surface area contributed by atoms with Crippen LogP contribution in [0.3, 0.4) is 0 Å². The van der Waals surface area contributed by atoms with E-state index >= 15 is 0 Å². The molecule has 3 aromatic rings. The third kappa shape index (κ3) is 4.27. The van der Waals surface area contributed by atoms with Gasteiger partial charge >= 0.3 is 6.03 Å². The molecule has 4 rings (SSSR count). The van der Waals surface area contributed by atoms with Gasteiger partial charge in [-0.1, -0.05) is 35.6 Å². The van der Waals surface area contributed by atoms with E-state index in [1.807, 2.05) is 24.3 Å². The third-order valence-corrected chi connectivity index (χ3v) is 6.63. The average Bonchev–Trinajstić information content (AvgIpc) is 3.34. The number of ether oxygens (including phenoxy) is 2. The Balaban J connectivity index is 1.57. The fourth-order valence-corrected chi connectivity index (χ4v) is 4.68. The molecule has 1 unspecified atom stereocenters. The van der Waals surface area contributed by atoms with Gasteiger partial charge in [-0.05, 0) is 36.8 Å². The molecule has 10 heteroatoms. The number of nitrogens with one attached hydrogen (secondary N) is 1. The van der Waals surface area contributed by atoms with Crippen LogP contribution in [-0.4, -0.2) is 61.6 Å². The molecule has 0 radical (unpaired) electrons. The summed E-state index contributed by atoms with van der Waals surface area (Å²) in [5.74, 6) is -0.286. The number of hydrogen-bond donors (Lipinski definition) is 1. The lowest BCUT2D eigenvalue weighted by atomic mass is 9.92. The number of imide groups is 1. The van der Waals surface area contributed by atoms with Crippen molar-refractivity contribution in [2.45, 2.75) is 12.5 Å². The standard InChI is InChI=1S/C23H24N4O5S/c1-23(15-8-10-16(32-3)11-9-15)20(29)27(21(30)25-23)14-19(28)26(12-13-31-2)22-24-17-6-4-5-7-18(17)33-22/h4-11H,12-14H2,1-3H3,(H,25,30). The fraction of sp³-hybridized carbons (Fsp3) is 0.304. The molecule has 33 heavy (non-hydrogen) atoms. The van der Waals surface area contributed by atoms with Crippen molar-refractivity contribution in [3.63, 3.8) is 0 Å². The van der Waals surface area contributed by atoms with E-state index in [2.05, 4.69) is 10.3 Å². The molecule has 2 heterocycles. The van der Waals surface area contributed by atoms with Crippen LogP contribution in [0.2, 0.25) is 0 Å². The van der Waals surface area contributed by atoms with Gasteiger partial charge in [-0.2, -0.15) is 0 Å². The van der Waals surface area contributed by atoms with Crippen LogP contribution in [0.1, 0.15) is 12.5 Å². The number of anilines is 1. The number of carbonyl (C=O) groups excluding carboxylic acids is 3. The lowest BCUT2D eigenvalue weighted by Gasteiger charge is -2.24. The second-order valence-electron chi connectivity index (χ2n) is 7.68. The molecule has 1 atom stereocenters. The van der Waals surface area contributed by atoms with Gasteiger partial charge < -0.3 is 14.8 Å². The predicted molar refractivity (Wildman–Crippen MR) is 124 cm³/mol. The summed E-state index contributed by atoms with van der Waals surface area (Å²) in [6.45, 7) is 1.74. The fourth-order valence-electron chi connectivity index (χ4n) is 3.67. The van der Waals surface area contributed by atoms with Crippen LogP contribution in [0.5, 0.6) is 5.75 Å². The lowest BCUT2D eigenvalue weighted by Crippen LogP contribution is -2.45. The van der Waals surface area contributed by atoms with Crippen LogP contribution in [0.4, 0.5) is 9.93 Å². The minimum atomic E-state index is -1.28. The summed E-state index contributed by atoms with van der Waals surface area (Å²) in [6.07, 6.45) is 0. The van der Waals surface area contributed by atoms with Gasteiger partial charge in [0, 0.05) is 7.11 Å². The topological polar surface area (TPSA) is 101 Å². The summed E-state index contributed by atoms with van der Waals surface area (Å²) in [7, 11) is 3.09. The first-order chi connectivity index (χ1) is 15.9. The molecular weight excluding hydrogens is 444 g/mol. The molecule has 1 saturated heterocycles. The van der Waals surface area contributed by atoms with Crippen LogP contribution in [0, 0.1) is 0 Å². The number of thiazole rings is 1. The van der Waals surface area contributed by atoms with Crippen molar-refractivity contribution in [1.82, 2.24) is 15.2 Å². The summed E-state index contributed by atoms with van der Waals surface area (Å²) in [5.41, 5.74) is 0.0884. The minimum absolute atomic E-state index is 0.245. The minimum Gasteiger partial charge on any atom is -0.497 e. The number of hydrogen-bond acceptors (Lipinski definition) is 7. The molecule has 1 aromatic heterocycles. The Morgan fingerprint density at radius 3 is 2.55 bits per heavy atom. The van der Waals surface area contributed by atoms with Crippen molar-refractivity contribution in [2.24, 2.45) is 0 Å². The van der Waals surface area contributed by atoms with E-state index in [0.717, 1.165) is 15.1 Å². The number of para-hydroxylation sites is 1. The van der Waals surface area contributed by atoms with Gasteiger partial charge in [-0.3, -0.25) is 19.4 Å². The maximum Gasteiger partial charge on any atom is 0.325 e. The Morgan fingerprint density at radius 2 is 1.88 bits per heavy atom. The Morgan fingerprint density at radius 1 is 1.15 bits per heavy atom. The summed E-state index contributed by atoms with van der Waals surface area (Å²) in [4.78, 5) is 46.1. The molecule has 1 fully saturated rings. The number of carbonyl (C=O) groups is 3. The molecule has 2 aromatic carbocycles. The monoisotopic (exact) mass is 468 g/mol. The molecule has 0 bridgehead atoms. The van der Waals surface area contributed by atoms with E-state index in [9.17, 15) is 14.4 Å². The van der Waals surface area contributed by atoms with E-state index < -0.39 is 29.9 Å². The highest BCUT2D eigenvalue weighted by Gasteiger charge is 2.49. The van der Waals surface area contributed by atoms with Gasteiger partial charge in [0.1, 0.15) is 17.8 Å². The maximum atomic E-state index is 13.3. The van der Waals surface area contributed by atoms with E-state index in [4.69, 9.17) is 9.47 Å². The molecular formula is C23H24N4O5S. The zero-order chi connectivity index (χ0) is 23.6. The summed E-state index contributed by atoms with van der Waals surface area (Å²) in [6, 6.07) is 13.8. The first kappa shape index (κ1) is 22.7. The van der Waals surface area contributed by atoms with Crippen LogP contribution in [-0.2, 0) is 19.9 Å². The summed E-state index contributed by atoms with van der Waals surface area (Å²) < 4.78 is 11.2. The molecule has 0 aliphatic carbocycles. The number of methoxy groups -OCH3 is 2. The zero-order valence-corrected chi connectivity index (χ0v) is 19.3. The molecule has 9 nitrogen and oxygen atoms in total. The number of fused-ring (bicyclic) bond motifs is 1. The molecule has 1 aliphatic heterocycles. The lowest BCUT2D eigenvalue weighted by molar-refractivity contribution is -0.134. The molecule has 1 aliphatic rings. The quantitative estimate of drug-likeness (QED) is 0.510. The SMILES string of the molecule is COCCN(C(=O)CN1C(=O)NC(C)(c2ccc(OC)cc2)C1=O)c1nc2ccccc2s1. The van der Waals surface area contributed by atoms with Crippen LogP contribution in [0.15, 0.2) is 48.5 Å². The van der Waals surface area contributed by atoms with Crippen molar-refractivity contribution < 1.29 is 23.9 Å². The van der Waals surface area contributed by atoms with Crippen molar-refractivity contribution in [3.8, 4) is 5.75 Å². The molecule has 1 N–H and O–H groups in total. The Kier molecular flexibility index (Phi) is 6.30. The first-order valence-corrected chi connectivity index (χ1v) is 11.1.